The lowest BCUT2D eigenvalue weighted by Gasteiger charge is -2.09. The van der Waals surface area contributed by atoms with E-state index in [1.54, 1.807) is 0 Å². The largest absolute Gasteiger partial charge is 0.457 e. The van der Waals surface area contributed by atoms with Crippen LogP contribution in [0.1, 0.15) is 5.56 Å². The first-order valence-corrected chi connectivity index (χ1v) is 8.65. The van der Waals surface area contributed by atoms with Crippen molar-refractivity contribution >= 4 is 23.2 Å². The van der Waals surface area contributed by atoms with Crippen molar-refractivity contribution in [1.29, 1.82) is 0 Å². The van der Waals surface area contributed by atoms with Gasteiger partial charge in [-0.05, 0) is 48.0 Å². The molecule has 132 valence electrons. The molecule has 0 bridgehead atoms. The number of anilines is 1. The summed E-state index contributed by atoms with van der Waals surface area (Å²) in [5.74, 6) is 1.37. The van der Waals surface area contributed by atoms with E-state index in [1.807, 2.05) is 78.9 Å². The van der Waals surface area contributed by atoms with Crippen molar-refractivity contribution < 1.29 is 9.53 Å². The summed E-state index contributed by atoms with van der Waals surface area (Å²) >= 11 is 6.09. The van der Waals surface area contributed by atoms with Crippen molar-refractivity contribution in [3.63, 3.8) is 0 Å². The van der Waals surface area contributed by atoms with E-state index in [0.29, 0.717) is 17.3 Å². The number of hydrogen-bond donors (Lipinski definition) is 2. The Kier molecular flexibility index (Phi) is 6.25. The molecular formula is C21H19ClN2O2. The highest BCUT2D eigenvalue weighted by molar-refractivity contribution is 6.31. The van der Waals surface area contributed by atoms with Gasteiger partial charge < -0.3 is 15.4 Å². The van der Waals surface area contributed by atoms with E-state index in [2.05, 4.69) is 10.6 Å². The van der Waals surface area contributed by atoms with Gasteiger partial charge in [0.1, 0.15) is 11.5 Å². The van der Waals surface area contributed by atoms with Gasteiger partial charge in [-0.3, -0.25) is 4.79 Å². The minimum absolute atomic E-state index is 0.117. The van der Waals surface area contributed by atoms with Crippen molar-refractivity contribution in [1.82, 2.24) is 5.32 Å². The number of carbonyl (C=O) groups is 1. The van der Waals surface area contributed by atoms with Crippen molar-refractivity contribution in [2.45, 2.75) is 6.54 Å². The summed E-state index contributed by atoms with van der Waals surface area (Å²) in [7, 11) is 0. The predicted molar refractivity (Wildman–Crippen MR) is 105 cm³/mol. The average molecular weight is 367 g/mol. The number of para-hydroxylation sites is 1. The fourth-order valence-corrected chi connectivity index (χ4v) is 2.59. The molecule has 2 N–H and O–H groups in total. The maximum Gasteiger partial charge on any atom is 0.238 e. The summed E-state index contributed by atoms with van der Waals surface area (Å²) in [5.41, 5.74) is 1.68. The van der Waals surface area contributed by atoms with E-state index >= 15 is 0 Å². The molecule has 0 aliphatic heterocycles. The van der Waals surface area contributed by atoms with Gasteiger partial charge in [0.15, 0.2) is 0 Å². The van der Waals surface area contributed by atoms with Gasteiger partial charge in [0.05, 0.1) is 6.54 Å². The first kappa shape index (κ1) is 18.0. The molecule has 0 aliphatic rings. The van der Waals surface area contributed by atoms with Crippen LogP contribution in [0, 0.1) is 0 Å². The molecule has 26 heavy (non-hydrogen) atoms. The van der Waals surface area contributed by atoms with E-state index < -0.39 is 0 Å². The lowest BCUT2D eigenvalue weighted by molar-refractivity contribution is -0.115. The zero-order chi connectivity index (χ0) is 18.2. The molecule has 0 aliphatic carbocycles. The Morgan fingerprint density at radius 1 is 0.846 bits per heavy atom. The zero-order valence-electron chi connectivity index (χ0n) is 14.1. The zero-order valence-corrected chi connectivity index (χ0v) is 14.9. The van der Waals surface area contributed by atoms with E-state index in [4.69, 9.17) is 16.3 Å². The van der Waals surface area contributed by atoms with E-state index in [9.17, 15) is 4.79 Å². The second-order valence-corrected chi connectivity index (χ2v) is 6.09. The molecule has 0 saturated heterocycles. The fraction of sp³-hybridized carbons (Fsp3) is 0.0952. The summed E-state index contributed by atoms with van der Waals surface area (Å²) in [5, 5.41) is 6.62. The monoisotopic (exact) mass is 366 g/mol. The topological polar surface area (TPSA) is 50.4 Å². The molecule has 1 amide bonds. The molecule has 0 aromatic heterocycles. The van der Waals surface area contributed by atoms with Crippen molar-refractivity contribution in [3.8, 4) is 11.5 Å². The number of rotatable bonds is 7. The Morgan fingerprint density at radius 2 is 1.50 bits per heavy atom. The van der Waals surface area contributed by atoms with Crippen LogP contribution < -0.4 is 15.4 Å². The SMILES string of the molecule is O=C(CNCc1ccccc1Cl)Nc1ccc(Oc2ccccc2)cc1. The van der Waals surface area contributed by atoms with Crippen LogP contribution in [0.3, 0.4) is 0 Å². The van der Waals surface area contributed by atoms with Crippen molar-refractivity contribution in [2.24, 2.45) is 0 Å². The smallest absolute Gasteiger partial charge is 0.238 e. The molecule has 3 rings (SSSR count). The van der Waals surface area contributed by atoms with Gasteiger partial charge in [0.25, 0.3) is 0 Å². The molecule has 0 heterocycles. The minimum atomic E-state index is -0.117. The molecule has 0 unspecified atom stereocenters. The van der Waals surface area contributed by atoms with Gasteiger partial charge in [-0.15, -0.1) is 0 Å². The van der Waals surface area contributed by atoms with Gasteiger partial charge in [0.2, 0.25) is 5.91 Å². The highest BCUT2D eigenvalue weighted by Gasteiger charge is 2.04. The Morgan fingerprint density at radius 3 is 2.23 bits per heavy atom. The summed E-state index contributed by atoms with van der Waals surface area (Å²) in [6.07, 6.45) is 0. The van der Waals surface area contributed by atoms with Crippen molar-refractivity contribution in [2.75, 3.05) is 11.9 Å². The van der Waals surface area contributed by atoms with E-state index in [0.717, 1.165) is 17.0 Å². The normalized spacial score (nSPS) is 10.3. The maximum absolute atomic E-state index is 12.0. The fourth-order valence-electron chi connectivity index (χ4n) is 2.39. The summed E-state index contributed by atoms with van der Waals surface area (Å²) in [4.78, 5) is 12.0. The molecule has 3 aromatic rings. The van der Waals surface area contributed by atoms with E-state index in [-0.39, 0.29) is 12.5 Å². The predicted octanol–water partition coefficient (Wildman–Crippen LogP) is 4.86. The molecule has 3 aromatic carbocycles. The third-order valence-corrected chi connectivity index (χ3v) is 4.04. The molecule has 0 spiro atoms. The Labute approximate surface area is 157 Å². The molecule has 0 saturated carbocycles. The van der Waals surface area contributed by atoms with Crippen LogP contribution in [0.5, 0.6) is 11.5 Å². The summed E-state index contributed by atoms with van der Waals surface area (Å²) < 4.78 is 5.73. The molecule has 0 radical (unpaired) electrons. The Balaban J connectivity index is 1.46. The first-order valence-electron chi connectivity index (χ1n) is 8.27. The number of carbonyl (C=O) groups excluding carboxylic acids is 1. The summed E-state index contributed by atoms with van der Waals surface area (Å²) in [6, 6.07) is 24.4. The average Bonchev–Trinajstić information content (AvgIpc) is 2.66. The standard InChI is InChI=1S/C21H19ClN2O2/c22-20-9-5-4-6-16(20)14-23-15-21(25)24-17-10-12-19(13-11-17)26-18-7-2-1-3-8-18/h1-13,23H,14-15H2,(H,24,25). The summed E-state index contributed by atoms with van der Waals surface area (Å²) in [6.45, 7) is 0.741. The van der Waals surface area contributed by atoms with Crippen LogP contribution in [-0.4, -0.2) is 12.5 Å². The lowest BCUT2D eigenvalue weighted by atomic mass is 10.2. The number of ether oxygens (including phenoxy) is 1. The highest BCUT2D eigenvalue weighted by Crippen LogP contribution is 2.22. The van der Waals surface area contributed by atoms with Crippen LogP contribution in [0.4, 0.5) is 5.69 Å². The van der Waals surface area contributed by atoms with Gasteiger partial charge in [-0.2, -0.15) is 0 Å². The number of amides is 1. The van der Waals surface area contributed by atoms with Gasteiger partial charge in [-0.25, -0.2) is 0 Å². The highest BCUT2D eigenvalue weighted by atomic mass is 35.5. The third kappa shape index (κ3) is 5.34. The second kappa shape index (κ2) is 9.04. The number of halogens is 1. The van der Waals surface area contributed by atoms with Crippen LogP contribution in [0.2, 0.25) is 5.02 Å². The maximum atomic E-state index is 12.0. The van der Waals surface area contributed by atoms with Crippen LogP contribution in [0.15, 0.2) is 78.9 Å². The molecular weight excluding hydrogens is 348 g/mol. The third-order valence-electron chi connectivity index (χ3n) is 3.68. The minimum Gasteiger partial charge on any atom is -0.457 e. The number of hydrogen-bond acceptors (Lipinski definition) is 3. The van der Waals surface area contributed by atoms with Crippen molar-refractivity contribution in [3.05, 3.63) is 89.4 Å². The van der Waals surface area contributed by atoms with Crippen LogP contribution in [-0.2, 0) is 11.3 Å². The molecule has 0 fully saturated rings. The molecule has 0 atom stereocenters. The first-order chi connectivity index (χ1) is 12.7. The van der Waals surface area contributed by atoms with Gasteiger partial charge >= 0.3 is 0 Å². The van der Waals surface area contributed by atoms with Crippen LogP contribution >= 0.6 is 11.6 Å². The molecule has 5 heteroatoms. The quantitative estimate of drug-likeness (QED) is 0.627. The van der Waals surface area contributed by atoms with Gasteiger partial charge in [0, 0.05) is 17.3 Å². The van der Waals surface area contributed by atoms with Gasteiger partial charge in [-0.1, -0.05) is 48.0 Å². The number of nitrogens with one attached hydrogen (secondary N) is 2. The lowest BCUT2D eigenvalue weighted by Crippen LogP contribution is -2.27. The second-order valence-electron chi connectivity index (χ2n) is 5.68. The number of benzene rings is 3. The van der Waals surface area contributed by atoms with Crippen LogP contribution in [0.25, 0.3) is 0 Å². The van der Waals surface area contributed by atoms with E-state index in [1.165, 1.54) is 0 Å². The molecule has 4 nitrogen and oxygen atoms in total. The Bertz CT molecular complexity index is 851. The Hall–Kier alpha value is -2.82.